The second-order valence-corrected chi connectivity index (χ2v) is 7.07. The second kappa shape index (κ2) is 6.85. The average Bonchev–Trinajstić information content (AvgIpc) is 2.47. The maximum absolute atomic E-state index is 12.0. The van der Waals surface area contributed by atoms with E-state index < -0.39 is 9.84 Å². The van der Waals surface area contributed by atoms with Gasteiger partial charge in [0.2, 0.25) is 5.91 Å². The minimum absolute atomic E-state index is 0.00622. The molecule has 0 aromatic heterocycles. The van der Waals surface area contributed by atoms with E-state index in [9.17, 15) is 13.2 Å². The monoisotopic (exact) mass is 296 g/mol. The van der Waals surface area contributed by atoms with E-state index in [0.717, 1.165) is 25.9 Å². The van der Waals surface area contributed by atoms with Crippen LogP contribution >= 0.6 is 0 Å². The van der Waals surface area contributed by atoms with Gasteiger partial charge in [-0.25, -0.2) is 13.4 Å². The van der Waals surface area contributed by atoms with Crippen LogP contribution in [0.25, 0.3) is 0 Å². The molecule has 0 radical (unpaired) electrons. The van der Waals surface area contributed by atoms with Gasteiger partial charge in [0.05, 0.1) is 10.6 Å². The minimum Gasteiger partial charge on any atom is -0.289 e. The Bertz CT molecular complexity index is 537. The van der Waals surface area contributed by atoms with Crippen LogP contribution in [0.3, 0.4) is 0 Å². The van der Waals surface area contributed by atoms with Gasteiger partial charge < -0.3 is 0 Å². The van der Waals surface area contributed by atoms with E-state index >= 15 is 0 Å². The first-order chi connectivity index (χ1) is 9.58. The maximum atomic E-state index is 12.0. The van der Waals surface area contributed by atoms with Crippen LogP contribution in [-0.4, -0.2) is 38.2 Å². The molecule has 20 heavy (non-hydrogen) atoms. The van der Waals surface area contributed by atoms with E-state index in [4.69, 9.17) is 0 Å². The fourth-order valence-corrected chi connectivity index (χ4v) is 3.47. The Kier molecular flexibility index (Phi) is 5.14. The molecule has 1 fully saturated rings. The lowest BCUT2D eigenvalue weighted by Gasteiger charge is -2.26. The van der Waals surface area contributed by atoms with Crippen molar-refractivity contribution in [1.29, 1.82) is 0 Å². The highest BCUT2D eigenvalue weighted by molar-refractivity contribution is 7.91. The fraction of sp³-hybridized carbons (Fsp3) is 0.500. The van der Waals surface area contributed by atoms with E-state index in [-0.39, 0.29) is 23.0 Å². The summed E-state index contributed by atoms with van der Waals surface area (Å²) in [6.45, 7) is 1.69. The van der Waals surface area contributed by atoms with E-state index in [1.807, 2.05) is 5.01 Å². The van der Waals surface area contributed by atoms with Gasteiger partial charge in [-0.1, -0.05) is 24.6 Å². The molecule has 1 aromatic carbocycles. The molecular formula is C14H20N2O3S. The number of nitrogens with one attached hydrogen (secondary N) is 1. The molecule has 1 saturated heterocycles. The molecular weight excluding hydrogens is 276 g/mol. The Morgan fingerprint density at radius 3 is 2.40 bits per heavy atom. The Morgan fingerprint density at radius 2 is 1.75 bits per heavy atom. The van der Waals surface area contributed by atoms with Crippen molar-refractivity contribution >= 4 is 15.7 Å². The largest absolute Gasteiger partial charge is 0.289 e. The van der Waals surface area contributed by atoms with Gasteiger partial charge in [-0.15, -0.1) is 0 Å². The molecule has 1 aliphatic rings. The molecule has 0 bridgehead atoms. The van der Waals surface area contributed by atoms with Gasteiger partial charge in [-0.05, 0) is 25.0 Å². The van der Waals surface area contributed by atoms with Crippen LogP contribution in [0.15, 0.2) is 35.2 Å². The zero-order valence-corrected chi connectivity index (χ0v) is 12.2. The first-order valence-electron chi connectivity index (χ1n) is 6.90. The first-order valence-corrected chi connectivity index (χ1v) is 8.55. The van der Waals surface area contributed by atoms with Crippen LogP contribution in [0, 0.1) is 0 Å². The summed E-state index contributed by atoms with van der Waals surface area (Å²) in [6, 6.07) is 8.24. The van der Waals surface area contributed by atoms with Gasteiger partial charge in [0.1, 0.15) is 0 Å². The first kappa shape index (κ1) is 15.0. The number of carbonyl (C=O) groups is 1. The zero-order chi connectivity index (χ0) is 14.4. The summed E-state index contributed by atoms with van der Waals surface area (Å²) in [4.78, 5) is 12.0. The predicted molar refractivity (Wildman–Crippen MR) is 76.7 cm³/mol. The number of amides is 1. The number of hydrogen-bond donors (Lipinski definition) is 1. The number of rotatable bonds is 5. The van der Waals surface area contributed by atoms with Crippen LogP contribution < -0.4 is 5.43 Å². The van der Waals surface area contributed by atoms with Crippen LogP contribution in [0.5, 0.6) is 0 Å². The highest BCUT2D eigenvalue weighted by atomic mass is 32.2. The number of piperidine rings is 1. The SMILES string of the molecule is O=C(CCS(=O)(=O)c1ccccc1)NN1CCCCC1. The van der Waals surface area contributed by atoms with Crippen molar-refractivity contribution in [3.63, 3.8) is 0 Å². The van der Waals surface area contributed by atoms with Crippen molar-refractivity contribution in [2.45, 2.75) is 30.6 Å². The molecule has 6 heteroatoms. The molecule has 1 aliphatic heterocycles. The summed E-state index contributed by atoms with van der Waals surface area (Å²) in [6.07, 6.45) is 3.33. The number of carbonyl (C=O) groups excluding carboxylic acids is 1. The number of hydrazine groups is 1. The lowest BCUT2D eigenvalue weighted by atomic mass is 10.2. The smallest absolute Gasteiger partial charge is 0.235 e. The van der Waals surface area contributed by atoms with Crippen LogP contribution in [0.2, 0.25) is 0 Å². The lowest BCUT2D eigenvalue weighted by Crippen LogP contribution is -2.45. The van der Waals surface area contributed by atoms with Crippen molar-refractivity contribution in [3.8, 4) is 0 Å². The van der Waals surface area contributed by atoms with Gasteiger partial charge in [0, 0.05) is 19.5 Å². The molecule has 0 aliphatic carbocycles. The Labute approximate surface area is 119 Å². The number of hydrogen-bond acceptors (Lipinski definition) is 4. The summed E-state index contributed by atoms with van der Waals surface area (Å²) in [5.74, 6) is -0.386. The third-order valence-corrected chi connectivity index (χ3v) is 5.07. The topological polar surface area (TPSA) is 66.5 Å². The van der Waals surface area contributed by atoms with E-state index in [1.54, 1.807) is 30.3 Å². The van der Waals surface area contributed by atoms with Crippen LogP contribution in [0.1, 0.15) is 25.7 Å². The standard InChI is InChI=1S/C14H20N2O3S/c17-14(15-16-10-5-2-6-11-16)9-12-20(18,19)13-7-3-1-4-8-13/h1,3-4,7-8H,2,5-6,9-12H2,(H,15,17). The van der Waals surface area contributed by atoms with Crippen LogP contribution in [-0.2, 0) is 14.6 Å². The zero-order valence-electron chi connectivity index (χ0n) is 11.4. The van der Waals surface area contributed by atoms with Crippen molar-refractivity contribution in [2.75, 3.05) is 18.8 Å². The molecule has 2 rings (SSSR count). The van der Waals surface area contributed by atoms with Gasteiger partial charge in [0.25, 0.3) is 0 Å². The molecule has 1 heterocycles. The molecule has 1 amide bonds. The molecule has 5 nitrogen and oxygen atoms in total. The van der Waals surface area contributed by atoms with Crippen molar-refractivity contribution < 1.29 is 13.2 Å². The third kappa shape index (κ3) is 4.31. The van der Waals surface area contributed by atoms with Crippen molar-refractivity contribution in [2.24, 2.45) is 0 Å². The third-order valence-electron chi connectivity index (χ3n) is 3.34. The van der Waals surface area contributed by atoms with Crippen molar-refractivity contribution in [3.05, 3.63) is 30.3 Å². The normalized spacial score (nSPS) is 16.8. The highest BCUT2D eigenvalue weighted by Crippen LogP contribution is 2.11. The second-order valence-electron chi connectivity index (χ2n) is 4.96. The number of sulfone groups is 1. The quantitative estimate of drug-likeness (QED) is 0.891. The Morgan fingerprint density at radius 1 is 1.10 bits per heavy atom. The summed E-state index contributed by atoms with van der Waals surface area (Å²) in [7, 11) is -3.38. The fourth-order valence-electron chi connectivity index (χ4n) is 2.21. The lowest BCUT2D eigenvalue weighted by molar-refractivity contribution is -0.125. The summed E-state index contributed by atoms with van der Waals surface area (Å²) < 4.78 is 24.1. The van der Waals surface area contributed by atoms with Crippen molar-refractivity contribution in [1.82, 2.24) is 10.4 Å². The van der Waals surface area contributed by atoms with E-state index in [1.165, 1.54) is 6.42 Å². The Balaban J connectivity index is 1.83. The number of nitrogens with zero attached hydrogens (tertiary/aromatic N) is 1. The average molecular weight is 296 g/mol. The van der Waals surface area contributed by atoms with Gasteiger partial charge in [-0.2, -0.15) is 0 Å². The van der Waals surface area contributed by atoms with Gasteiger partial charge in [-0.3, -0.25) is 10.2 Å². The summed E-state index contributed by atoms with van der Waals surface area (Å²) >= 11 is 0. The molecule has 110 valence electrons. The molecule has 0 spiro atoms. The van der Waals surface area contributed by atoms with E-state index in [2.05, 4.69) is 5.43 Å². The van der Waals surface area contributed by atoms with E-state index in [0.29, 0.717) is 0 Å². The van der Waals surface area contributed by atoms with Gasteiger partial charge >= 0.3 is 0 Å². The molecule has 0 atom stereocenters. The summed E-state index contributed by atoms with van der Waals surface area (Å²) in [5.41, 5.74) is 2.77. The molecule has 0 unspecified atom stereocenters. The minimum atomic E-state index is -3.38. The van der Waals surface area contributed by atoms with Crippen LogP contribution in [0.4, 0.5) is 0 Å². The van der Waals surface area contributed by atoms with Gasteiger partial charge in [0.15, 0.2) is 9.84 Å². The maximum Gasteiger partial charge on any atom is 0.235 e. The molecule has 1 N–H and O–H groups in total. The summed E-state index contributed by atoms with van der Waals surface area (Å²) in [5, 5.41) is 1.88. The number of benzene rings is 1. The molecule has 0 saturated carbocycles. The molecule has 1 aromatic rings. The Hall–Kier alpha value is -1.40. The highest BCUT2D eigenvalue weighted by Gasteiger charge is 2.18. The predicted octanol–water partition coefficient (Wildman–Crippen LogP) is 1.37.